The lowest BCUT2D eigenvalue weighted by atomic mass is 10.1. The standard InChI is InChI=1S/C26H26F4N2O4/c27-18-5-3-16(4-6-18)14-36-26(35)22(9-15-1-2-15)31-23(33)12-20-7-8-24(34)32(20)13-17-10-19(28)11-21(29)25(17)30/h3-6,10-11,15,20,22H,1-2,7-9,12-14H2,(H,31,33)/t20-,22-/m0/s1. The maximum Gasteiger partial charge on any atom is 0.328 e. The van der Waals surface area contributed by atoms with Gasteiger partial charge in [-0.15, -0.1) is 0 Å². The molecular formula is C26H26F4N2O4. The molecule has 4 rings (SSSR count). The summed E-state index contributed by atoms with van der Waals surface area (Å²) in [6, 6.07) is 5.25. The van der Waals surface area contributed by atoms with Crippen molar-refractivity contribution in [1.82, 2.24) is 10.2 Å². The number of carbonyl (C=O) groups is 3. The van der Waals surface area contributed by atoms with Crippen molar-refractivity contribution in [3.8, 4) is 0 Å². The van der Waals surface area contributed by atoms with E-state index in [9.17, 15) is 31.9 Å². The molecule has 1 N–H and O–H groups in total. The Morgan fingerprint density at radius 3 is 2.44 bits per heavy atom. The third kappa shape index (κ3) is 6.61. The Hall–Kier alpha value is -3.43. The van der Waals surface area contributed by atoms with Crippen molar-refractivity contribution in [2.45, 2.75) is 63.8 Å². The second-order valence-electron chi connectivity index (χ2n) is 9.31. The summed E-state index contributed by atoms with van der Waals surface area (Å²) in [4.78, 5) is 39.1. The first kappa shape index (κ1) is 25.7. The van der Waals surface area contributed by atoms with E-state index in [1.54, 1.807) is 0 Å². The first-order valence-electron chi connectivity index (χ1n) is 11.8. The number of esters is 1. The number of hydrogen-bond acceptors (Lipinski definition) is 4. The maximum absolute atomic E-state index is 14.1. The molecule has 1 saturated carbocycles. The molecule has 6 nitrogen and oxygen atoms in total. The van der Waals surface area contributed by atoms with Crippen molar-refractivity contribution in [1.29, 1.82) is 0 Å². The lowest BCUT2D eigenvalue weighted by molar-refractivity contribution is -0.149. The van der Waals surface area contributed by atoms with E-state index < -0.39 is 47.2 Å². The lowest BCUT2D eigenvalue weighted by Gasteiger charge is -2.26. The monoisotopic (exact) mass is 506 g/mol. The van der Waals surface area contributed by atoms with E-state index >= 15 is 0 Å². The van der Waals surface area contributed by atoms with Gasteiger partial charge in [0.2, 0.25) is 11.8 Å². The van der Waals surface area contributed by atoms with E-state index in [2.05, 4.69) is 5.32 Å². The first-order chi connectivity index (χ1) is 17.2. The van der Waals surface area contributed by atoms with E-state index in [0.717, 1.165) is 18.9 Å². The van der Waals surface area contributed by atoms with Crippen LogP contribution in [0.2, 0.25) is 0 Å². The van der Waals surface area contributed by atoms with Gasteiger partial charge in [0.25, 0.3) is 0 Å². The van der Waals surface area contributed by atoms with Crippen LogP contribution in [-0.2, 0) is 32.3 Å². The minimum atomic E-state index is -1.35. The number of ether oxygens (including phenoxy) is 1. The number of rotatable bonds is 10. The SMILES string of the molecule is O=C(C[C@@H]1CCC(=O)N1Cc1cc(F)cc(F)c1F)N[C@@H](CC1CC1)C(=O)OCc1ccc(F)cc1. The normalized spacial score (nSPS) is 18.3. The first-order valence-corrected chi connectivity index (χ1v) is 11.8. The summed E-state index contributed by atoms with van der Waals surface area (Å²) in [5.41, 5.74) is 0.284. The van der Waals surface area contributed by atoms with Crippen LogP contribution in [0.1, 0.15) is 49.7 Å². The summed E-state index contributed by atoms with van der Waals surface area (Å²) in [6.45, 7) is -0.445. The predicted molar refractivity (Wildman–Crippen MR) is 120 cm³/mol. The highest BCUT2D eigenvalue weighted by Crippen LogP contribution is 2.34. The fourth-order valence-corrected chi connectivity index (χ4v) is 4.33. The van der Waals surface area contributed by atoms with Crippen LogP contribution in [0.3, 0.4) is 0 Å². The van der Waals surface area contributed by atoms with Gasteiger partial charge >= 0.3 is 5.97 Å². The van der Waals surface area contributed by atoms with Gasteiger partial charge in [-0.25, -0.2) is 22.4 Å². The fraction of sp³-hybridized carbons (Fsp3) is 0.423. The van der Waals surface area contributed by atoms with E-state index in [0.29, 0.717) is 30.4 Å². The molecular weight excluding hydrogens is 480 g/mol. The number of amides is 2. The molecule has 2 atom stereocenters. The Morgan fingerprint density at radius 1 is 1.03 bits per heavy atom. The Kier molecular flexibility index (Phi) is 7.91. The van der Waals surface area contributed by atoms with Crippen LogP contribution >= 0.6 is 0 Å². The Bertz CT molecular complexity index is 1140. The number of likely N-dealkylation sites (tertiary alicyclic amines) is 1. The number of nitrogens with one attached hydrogen (secondary N) is 1. The van der Waals surface area contributed by atoms with Gasteiger partial charge in [0.05, 0.1) is 0 Å². The van der Waals surface area contributed by atoms with Gasteiger partial charge in [0.1, 0.15) is 24.3 Å². The molecule has 1 heterocycles. The number of benzene rings is 2. The van der Waals surface area contributed by atoms with E-state index in [4.69, 9.17) is 4.74 Å². The molecule has 2 aromatic rings. The molecule has 2 amide bonds. The minimum absolute atomic E-state index is 0.0726. The number of nitrogens with zero attached hydrogens (tertiary/aromatic N) is 1. The molecule has 192 valence electrons. The van der Waals surface area contributed by atoms with Crippen LogP contribution in [0, 0.1) is 29.2 Å². The van der Waals surface area contributed by atoms with Crippen LogP contribution in [0.4, 0.5) is 17.6 Å². The zero-order valence-electron chi connectivity index (χ0n) is 19.4. The Morgan fingerprint density at radius 2 is 1.75 bits per heavy atom. The van der Waals surface area contributed by atoms with E-state index in [1.807, 2.05) is 0 Å². The highest BCUT2D eigenvalue weighted by atomic mass is 19.2. The van der Waals surface area contributed by atoms with Crippen LogP contribution < -0.4 is 5.32 Å². The molecule has 1 aliphatic heterocycles. The van der Waals surface area contributed by atoms with Crippen molar-refractivity contribution < 1.29 is 36.7 Å². The molecule has 0 radical (unpaired) electrons. The molecule has 2 aliphatic rings. The van der Waals surface area contributed by atoms with Crippen molar-refractivity contribution in [3.63, 3.8) is 0 Å². The third-order valence-corrected chi connectivity index (χ3v) is 6.46. The molecule has 2 aromatic carbocycles. The molecule has 10 heteroatoms. The molecule has 2 fully saturated rings. The van der Waals surface area contributed by atoms with Crippen LogP contribution in [0.25, 0.3) is 0 Å². The smallest absolute Gasteiger partial charge is 0.328 e. The molecule has 1 aliphatic carbocycles. The predicted octanol–water partition coefficient (Wildman–Crippen LogP) is 4.15. The highest BCUT2D eigenvalue weighted by molar-refractivity contribution is 5.86. The summed E-state index contributed by atoms with van der Waals surface area (Å²) in [5.74, 6) is -5.14. The van der Waals surface area contributed by atoms with Gasteiger partial charge in [-0.2, -0.15) is 0 Å². The maximum atomic E-state index is 14.1. The topological polar surface area (TPSA) is 75.7 Å². The average molecular weight is 506 g/mol. The zero-order chi connectivity index (χ0) is 25.8. The molecule has 0 unspecified atom stereocenters. The van der Waals surface area contributed by atoms with Crippen molar-refractivity contribution in [3.05, 3.63) is 70.8 Å². The fourth-order valence-electron chi connectivity index (χ4n) is 4.33. The molecule has 0 aromatic heterocycles. The minimum Gasteiger partial charge on any atom is -0.459 e. The quantitative estimate of drug-likeness (QED) is 0.299. The largest absolute Gasteiger partial charge is 0.459 e. The summed E-state index contributed by atoms with van der Waals surface area (Å²) in [5, 5.41) is 2.68. The lowest BCUT2D eigenvalue weighted by Crippen LogP contribution is -2.44. The molecule has 0 spiro atoms. The zero-order valence-corrected chi connectivity index (χ0v) is 19.4. The number of halogens is 4. The van der Waals surface area contributed by atoms with Crippen LogP contribution in [-0.4, -0.2) is 34.8 Å². The van der Waals surface area contributed by atoms with Crippen LogP contribution in [0.5, 0.6) is 0 Å². The highest BCUT2D eigenvalue weighted by Gasteiger charge is 2.36. The van der Waals surface area contributed by atoms with Gasteiger partial charge in [0, 0.05) is 37.1 Å². The van der Waals surface area contributed by atoms with Gasteiger partial charge in [-0.3, -0.25) is 9.59 Å². The van der Waals surface area contributed by atoms with Crippen molar-refractivity contribution in [2.24, 2.45) is 5.92 Å². The van der Waals surface area contributed by atoms with Gasteiger partial charge in [-0.05, 0) is 42.5 Å². The van der Waals surface area contributed by atoms with Gasteiger partial charge in [-0.1, -0.05) is 25.0 Å². The second kappa shape index (κ2) is 11.1. The number of hydrogen-bond donors (Lipinski definition) is 1. The second-order valence-corrected chi connectivity index (χ2v) is 9.31. The molecule has 36 heavy (non-hydrogen) atoms. The Labute approximate surface area is 205 Å². The van der Waals surface area contributed by atoms with Crippen molar-refractivity contribution >= 4 is 17.8 Å². The summed E-state index contributed by atoms with van der Waals surface area (Å²) in [6.07, 6.45) is 2.57. The van der Waals surface area contributed by atoms with Crippen molar-refractivity contribution in [2.75, 3.05) is 0 Å². The third-order valence-electron chi connectivity index (χ3n) is 6.46. The molecule has 0 bridgehead atoms. The summed E-state index contributed by atoms with van der Waals surface area (Å²) < 4.78 is 59.7. The Balaban J connectivity index is 1.36. The summed E-state index contributed by atoms with van der Waals surface area (Å²) >= 11 is 0. The van der Waals surface area contributed by atoms with Crippen LogP contribution in [0.15, 0.2) is 36.4 Å². The van der Waals surface area contributed by atoms with E-state index in [1.165, 1.54) is 29.2 Å². The molecule has 1 saturated heterocycles. The van der Waals surface area contributed by atoms with Gasteiger partial charge in [0.15, 0.2) is 11.6 Å². The van der Waals surface area contributed by atoms with Gasteiger partial charge < -0.3 is 15.0 Å². The number of carbonyl (C=O) groups excluding carboxylic acids is 3. The summed E-state index contributed by atoms with van der Waals surface area (Å²) in [7, 11) is 0. The average Bonchev–Trinajstić information content (AvgIpc) is 3.60. The van der Waals surface area contributed by atoms with E-state index in [-0.39, 0.29) is 37.5 Å².